The summed E-state index contributed by atoms with van der Waals surface area (Å²) in [5, 5.41) is 9.63. The molecule has 0 aliphatic carbocycles. The lowest BCUT2D eigenvalue weighted by atomic mass is 10.2. The van der Waals surface area contributed by atoms with E-state index < -0.39 is 17.0 Å². The lowest BCUT2D eigenvalue weighted by molar-refractivity contribution is -0.115. The van der Waals surface area contributed by atoms with Crippen molar-refractivity contribution in [2.45, 2.75) is 6.42 Å². The molecule has 0 radical (unpaired) electrons. The lowest BCUT2D eigenvalue weighted by Gasteiger charge is -2.04. The molecule has 1 amide bonds. The zero-order valence-corrected chi connectivity index (χ0v) is 8.71. The first-order valence-corrected chi connectivity index (χ1v) is 4.58. The van der Waals surface area contributed by atoms with Crippen molar-refractivity contribution in [1.29, 1.82) is 5.26 Å². The van der Waals surface area contributed by atoms with Crippen molar-refractivity contribution >= 4 is 28.4 Å². The van der Waals surface area contributed by atoms with E-state index in [1.54, 1.807) is 6.07 Å². The molecule has 0 atom stereocenters. The number of amides is 1. The Morgan fingerprint density at radius 3 is 2.75 bits per heavy atom. The first-order valence-electron chi connectivity index (χ1n) is 4.20. The van der Waals surface area contributed by atoms with Crippen LogP contribution in [0.5, 0.6) is 0 Å². The molecule has 16 heavy (non-hydrogen) atoms. The molecule has 1 rings (SSSR count). The van der Waals surface area contributed by atoms with Gasteiger partial charge >= 0.3 is 0 Å². The summed E-state index contributed by atoms with van der Waals surface area (Å²) in [6.07, 6.45) is -0.318. The van der Waals surface area contributed by atoms with Crippen LogP contribution in [0.15, 0.2) is 18.2 Å². The second kappa shape index (κ2) is 5.24. The monoisotopic (exact) mass is 240 g/mol. The number of benzene rings is 1. The highest BCUT2D eigenvalue weighted by Gasteiger charge is 2.11. The molecule has 0 heterocycles. The van der Waals surface area contributed by atoms with E-state index in [-0.39, 0.29) is 17.7 Å². The average Bonchev–Trinajstić information content (AvgIpc) is 2.21. The normalized spacial score (nSPS) is 9.31. The minimum atomic E-state index is -0.950. The van der Waals surface area contributed by atoms with Crippen molar-refractivity contribution in [2.24, 2.45) is 0 Å². The summed E-state index contributed by atoms with van der Waals surface area (Å²) in [5.74, 6) is -1.31. The van der Waals surface area contributed by atoms with Crippen LogP contribution in [-0.4, -0.2) is 11.1 Å². The van der Waals surface area contributed by atoms with Gasteiger partial charge in [0.1, 0.15) is 12.2 Å². The summed E-state index contributed by atoms with van der Waals surface area (Å²) >= 11 is 5.13. The molecule has 0 bridgehead atoms. The van der Waals surface area contributed by atoms with Crippen LogP contribution in [0.4, 0.5) is 10.1 Å². The molecule has 0 fully saturated rings. The van der Waals surface area contributed by atoms with Crippen LogP contribution in [0.3, 0.4) is 0 Å². The molecule has 1 aromatic rings. The van der Waals surface area contributed by atoms with E-state index in [0.29, 0.717) is 0 Å². The second-order valence-corrected chi connectivity index (χ2v) is 3.19. The van der Waals surface area contributed by atoms with Gasteiger partial charge in [0.25, 0.3) is 5.24 Å². The zero-order valence-electron chi connectivity index (χ0n) is 7.96. The number of nitrogens with zero attached hydrogens (tertiary/aromatic N) is 1. The van der Waals surface area contributed by atoms with E-state index in [2.05, 4.69) is 5.32 Å². The maximum absolute atomic E-state index is 13.0. The fourth-order valence-electron chi connectivity index (χ4n) is 1.03. The maximum atomic E-state index is 13.0. The molecule has 4 nitrogen and oxygen atoms in total. The zero-order chi connectivity index (χ0) is 12.1. The molecule has 82 valence electrons. The Bertz CT molecular complexity index is 482. The van der Waals surface area contributed by atoms with Gasteiger partial charge in [0.2, 0.25) is 5.91 Å². The predicted octanol–water partition coefficient (Wildman–Crippen LogP) is 2.06. The number of carbonyl (C=O) groups is 2. The molecule has 0 aliphatic rings. The molecule has 0 saturated carbocycles. The van der Waals surface area contributed by atoms with Crippen LogP contribution in [0.2, 0.25) is 0 Å². The number of rotatable bonds is 3. The summed E-state index contributed by atoms with van der Waals surface area (Å²) in [6.45, 7) is 0. The second-order valence-electron chi connectivity index (χ2n) is 2.85. The molecule has 0 aliphatic heterocycles. The highest BCUT2D eigenvalue weighted by atomic mass is 35.5. The first-order chi connectivity index (χ1) is 7.54. The van der Waals surface area contributed by atoms with Crippen LogP contribution in [0.25, 0.3) is 0 Å². The third kappa shape index (κ3) is 3.04. The Labute approximate surface area is 95.6 Å². The number of carbonyl (C=O) groups excluding carboxylic acids is 2. The van der Waals surface area contributed by atoms with Gasteiger partial charge in [0.15, 0.2) is 0 Å². The Hall–Kier alpha value is -1.93. The molecule has 1 aromatic carbocycles. The number of nitriles is 1. The van der Waals surface area contributed by atoms with Gasteiger partial charge in [-0.1, -0.05) is 0 Å². The Balaban J connectivity index is 2.92. The van der Waals surface area contributed by atoms with Crippen LogP contribution >= 0.6 is 11.6 Å². The van der Waals surface area contributed by atoms with E-state index in [1.807, 2.05) is 0 Å². The van der Waals surface area contributed by atoms with E-state index >= 15 is 0 Å². The summed E-state index contributed by atoms with van der Waals surface area (Å²) in [6, 6.07) is 5.05. The summed E-state index contributed by atoms with van der Waals surface area (Å²) in [5.41, 5.74) is -0.109. The lowest BCUT2D eigenvalue weighted by Crippen LogP contribution is -2.10. The van der Waals surface area contributed by atoms with Crippen LogP contribution in [-0.2, 0) is 4.79 Å². The van der Waals surface area contributed by atoms with Crippen molar-refractivity contribution in [3.8, 4) is 6.07 Å². The molecule has 6 heteroatoms. The predicted molar refractivity (Wildman–Crippen MR) is 55.4 cm³/mol. The Morgan fingerprint density at radius 1 is 1.50 bits per heavy atom. The minimum absolute atomic E-state index is 0.214. The van der Waals surface area contributed by atoms with E-state index in [1.165, 1.54) is 6.07 Å². The van der Waals surface area contributed by atoms with Gasteiger partial charge in [-0.2, -0.15) is 5.26 Å². The number of hydrogen-bond acceptors (Lipinski definition) is 3. The van der Waals surface area contributed by atoms with Gasteiger partial charge in [0, 0.05) is 5.69 Å². The van der Waals surface area contributed by atoms with Crippen molar-refractivity contribution in [3.05, 3.63) is 29.6 Å². The van der Waals surface area contributed by atoms with Crippen molar-refractivity contribution in [1.82, 2.24) is 0 Å². The third-order valence-corrected chi connectivity index (χ3v) is 1.91. The minimum Gasteiger partial charge on any atom is -0.325 e. The topological polar surface area (TPSA) is 70.0 Å². The van der Waals surface area contributed by atoms with Crippen LogP contribution < -0.4 is 5.32 Å². The van der Waals surface area contributed by atoms with Gasteiger partial charge in [-0.25, -0.2) is 4.39 Å². The fraction of sp³-hybridized carbons (Fsp3) is 0.100. The number of hydrogen-bond donors (Lipinski definition) is 1. The first kappa shape index (κ1) is 12.1. The van der Waals surface area contributed by atoms with Crippen molar-refractivity contribution in [3.63, 3.8) is 0 Å². The van der Waals surface area contributed by atoms with Crippen LogP contribution in [0, 0.1) is 17.1 Å². The highest BCUT2D eigenvalue weighted by molar-refractivity contribution is 6.67. The maximum Gasteiger partial charge on any atom is 0.255 e. The van der Waals surface area contributed by atoms with Gasteiger partial charge in [-0.3, -0.25) is 9.59 Å². The summed E-state index contributed by atoms with van der Waals surface area (Å²) < 4.78 is 13.0. The number of nitrogens with one attached hydrogen (secondary N) is 1. The standard InChI is InChI=1S/C10H6ClFN2O2/c11-10(16)7-5-6(1-2-8(7)12)14-9(15)3-4-13/h1-2,5H,3H2,(H,14,15). The molecule has 0 aromatic heterocycles. The van der Waals surface area contributed by atoms with Crippen molar-refractivity contribution in [2.75, 3.05) is 5.32 Å². The molecular formula is C10H6ClFN2O2. The van der Waals surface area contributed by atoms with Crippen molar-refractivity contribution < 1.29 is 14.0 Å². The quantitative estimate of drug-likeness (QED) is 0.822. The van der Waals surface area contributed by atoms with Gasteiger partial charge < -0.3 is 5.32 Å². The van der Waals surface area contributed by atoms with Crippen LogP contribution in [0.1, 0.15) is 16.8 Å². The molecular weight excluding hydrogens is 235 g/mol. The Kier molecular flexibility index (Phi) is 3.97. The van der Waals surface area contributed by atoms with Gasteiger partial charge in [-0.05, 0) is 29.8 Å². The van der Waals surface area contributed by atoms with Gasteiger partial charge in [-0.15, -0.1) is 0 Å². The molecule has 1 N–H and O–H groups in total. The molecule has 0 unspecified atom stereocenters. The number of anilines is 1. The van der Waals surface area contributed by atoms with Gasteiger partial charge in [0.05, 0.1) is 11.6 Å². The highest BCUT2D eigenvalue weighted by Crippen LogP contribution is 2.16. The third-order valence-electron chi connectivity index (χ3n) is 1.70. The number of halogens is 2. The summed E-state index contributed by atoms with van der Waals surface area (Å²) in [4.78, 5) is 21.8. The van der Waals surface area contributed by atoms with E-state index in [4.69, 9.17) is 16.9 Å². The molecule has 0 saturated heterocycles. The molecule has 0 spiro atoms. The largest absolute Gasteiger partial charge is 0.325 e. The van der Waals surface area contributed by atoms with E-state index in [9.17, 15) is 14.0 Å². The fourth-order valence-corrected chi connectivity index (χ4v) is 1.18. The SMILES string of the molecule is N#CCC(=O)Nc1ccc(F)c(C(=O)Cl)c1. The average molecular weight is 241 g/mol. The summed E-state index contributed by atoms with van der Waals surface area (Å²) in [7, 11) is 0. The smallest absolute Gasteiger partial charge is 0.255 e. The van der Waals surface area contributed by atoms with E-state index in [0.717, 1.165) is 12.1 Å². The Morgan fingerprint density at radius 2 is 2.19 bits per heavy atom.